The van der Waals surface area contributed by atoms with Gasteiger partial charge in [0.2, 0.25) is 0 Å². The summed E-state index contributed by atoms with van der Waals surface area (Å²) in [5, 5.41) is 1.22. The van der Waals surface area contributed by atoms with Gasteiger partial charge in [0.15, 0.2) is 0 Å². The first kappa shape index (κ1) is 9.06. The maximum absolute atomic E-state index is 5.57. The molecule has 0 bridgehead atoms. The smallest absolute Gasteiger partial charge is 0.0711 e. The zero-order valence-corrected chi connectivity index (χ0v) is 9.76. The van der Waals surface area contributed by atoms with Crippen LogP contribution in [0.1, 0.15) is 18.5 Å². The number of H-pyrrole nitrogens is 1. The van der Waals surface area contributed by atoms with Gasteiger partial charge >= 0.3 is 0 Å². The van der Waals surface area contributed by atoms with E-state index in [-0.39, 0.29) is 5.41 Å². The number of hydrogen-bond acceptors (Lipinski definition) is 0. The van der Waals surface area contributed by atoms with Crippen LogP contribution in [-0.2, 0) is 5.41 Å². The zero-order valence-electron chi connectivity index (χ0n) is 8.18. The summed E-state index contributed by atoms with van der Waals surface area (Å²) in [6, 6.07) is 8.41. The van der Waals surface area contributed by atoms with Gasteiger partial charge in [-0.2, -0.15) is 0 Å². The first-order valence-corrected chi connectivity index (χ1v) is 5.79. The fourth-order valence-electron chi connectivity index (χ4n) is 1.98. The molecular formula is C13H10BrN. The molecule has 1 aliphatic carbocycles. The third kappa shape index (κ3) is 1.31. The van der Waals surface area contributed by atoms with Crippen LogP contribution in [-0.4, -0.2) is 4.98 Å². The number of nitrogens with one attached hydrogen (secondary N) is 1. The highest BCUT2D eigenvalue weighted by molar-refractivity contribution is 9.10. The topological polar surface area (TPSA) is 15.8 Å². The van der Waals surface area contributed by atoms with Crippen molar-refractivity contribution in [3.8, 4) is 12.3 Å². The van der Waals surface area contributed by atoms with Crippen molar-refractivity contribution in [1.82, 2.24) is 4.98 Å². The molecule has 0 atom stereocenters. The molecule has 1 nitrogen and oxygen atoms in total. The van der Waals surface area contributed by atoms with Gasteiger partial charge in [-0.15, -0.1) is 6.42 Å². The van der Waals surface area contributed by atoms with Gasteiger partial charge in [-0.1, -0.05) is 21.9 Å². The third-order valence-electron chi connectivity index (χ3n) is 3.12. The molecule has 1 N–H and O–H groups in total. The second kappa shape index (κ2) is 2.90. The van der Waals surface area contributed by atoms with Crippen LogP contribution in [0.15, 0.2) is 28.7 Å². The molecule has 3 rings (SSSR count). The van der Waals surface area contributed by atoms with Crippen LogP contribution in [0.2, 0.25) is 0 Å². The SMILES string of the molecule is C#CC1(c2cc3cc(Br)ccc3[nH]2)CC1. The number of hydrogen-bond donors (Lipinski definition) is 1. The fourth-order valence-corrected chi connectivity index (χ4v) is 2.36. The average molecular weight is 260 g/mol. The number of aromatic amines is 1. The van der Waals surface area contributed by atoms with Crippen molar-refractivity contribution < 1.29 is 0 Å². The Labute approximate surface area is 97.0 Å². The molecule has 1 aromatic heterocycles. The minimum atomic E-state index is 0.00545. The Morgan fingerprint density at radius 1 is 1.33 bits per heavy atom. The summed E-state index contributed by atoms with van der Waals surface area (Å²) < 4.78 is 1.10. The summed E-state index contributed by atoms with van der Waals surface area (Å²) in [5.41, 5.74) is 2.36. The Hall–Kier alpha value is -1.20. The normalized spacial score (nSPS) is 17.6. The first-order valence-electron chi connectivity index (χ1n) is 5.00. The van der Waals surface area contributed by atoms with E-state index in [0.717, 1.165) is 22.8 Å². The summed E-state index contributed by atoms with van der Waals surface area (Å²) in [5.74, 6) is 2.90. The maximum Gasteiger partial charge on any atom is 0.0711 e. The molecule has 1 saturated carbocycles. The highest BCUT2D eigenvalue weighted by atomic mass is 79.9. The van der Waals surface area contributed by atoms with E-state index < -0.39 is 0 Å². The van der Waals surface area contributed by atoms with Crippen molar-refractivity contribution in [2.45, 2.75) is 18.3 Å². The molecule has 0 radical (unpaired) electrons. The van der Waals surface area contributed by atoms with Crippen molar-refractivity contribution in [1.29, 1.82) is 0 Å². The fraction of sp³-hybridized carbons (Fsp3) is 0.231. The van der Waals surface area contributed by atoms with E-state index in [0.29, 0.717) is 0 Å². The highest BCUT2D eigenvalue weighted by Crippen LogP contribution is 2.47. The van der Waals surface area contributed by atoms with Gasteiger partial charge in [0.1, 0.15) is 0 Å². The van der Waals surface area contributed by atoms with Gasteiger partial charge in [0.05, 0.1) is 5.41 Å². The van der Waals surface area contributed by atoms with Crippen LogP contribution >= 0.6 is 15.9 Å². The molecule has 0 spiro atoms. The van der Waals surface area contributed by atoms with Gasteiger partial charge in [-0.05, 0) is 37.1 Å². The van der Waals surface area contributed by atoms with Crippen molar-refractivity contribution >= 4 is 26.8 Å². The van der Waals surface area contributed by atoms with Gasteiger partial charge < -0.3 is 4.98 Å². The molecule has 0 amide bonds. The minimum Gasteiger partial charge on any atom is -0.357 e. The standard InChI is InChI=1S/C13H10BrN/c1-2-13(5-6-13)12-8-9-7-10(14)3-4-11(9)15-12/h1,3-4,7-8,15H,5-6H2. The lowest BCUT2D eigenvalue weighted by Crippen LogP contribution is -2.01. The molecule has 2 aromatic rings. The summed E-state index contributed by atoms with van der Waals surface area (Å²) in [6.45, 7) is 0. The van der Waals surface area contributed by atoms with Gasteiger partial charge in [-0.25, -0.2) is 0 Å². The van der Waals surface area contributed by atoms with Gasteiger partial charge in [0.25, 0.3) is 0 Å². The third-order valence-corrected chi connectivity index (χ3v) is 3.62. The van der Waals surface area contributed by atoms with E-state index in [9.17, 15) is 0 Å². The van der Waals surface area contributed by atoms with Crippen LogP contribution < -0.4 is 0 Å². The highest BCUT2D eigenvalue weighted by Gasteiger charge is 2.43. The first-order chi connectivity index (χ1) is 7.23. The Morgan fingerprint density at radius 3 is 2.80 bits per heavy atom. The summed E-state index contributed by atoms with van der Waals surface area (Å²) >= 11 is 3.47. The number of halogens is 1. The molecular weight excluding hydrogens is 250 g/mol. The van der Waals surface area contributed by atoms with Crippen molar-refractivity contribution in [3.05, 3.63) is 34.4 Å². The second-order valence-corrected chi connectivity index (χ2v) is 5.06. The number of rotatable bonds is 1. The van der Waals surface area contributed by atoms with Crippen molar-refractivity contribution in [2.24, 2.45) is 0 Å². The Kier molecular flexibility index (Phi) is 1.75. The Morgan fingerprint density at radius 2 is 2.13 bits per heavy atom. The van der Waals surface area contributed by atoms with Crippen LogP contribution in [0.4, 0.5) is 0 Å². The Balaban J connectivity index is 2.19. The van der Waals surface area contributed by atoms with Crippen LogP contribution in [0.3, 0.4) is 0 Å². The lowest BCUT2D eigenvalue weighted by atomic mass is 10.0. The monoisotopic (exact) mass is 259 g/mol. The molecule has 1 aromatic carbocycles. The minimum absolute atomic E-state index is 0.00545. The number of benzene rings is 1. The van der Waals surface area contributed by atoms with Crippen molar-refractivity contribution in [2.75, 3.05) is 0 Å². The van der Waals surface area contributed by atoms with Crippen LogP contribution in [0.25, 0.3) is 10.9 Å². The lowest BCUT2D eigenvalue weighted by Gasteiger charge is -2.02. The largest absolute Gasteiger partial charge is 0.357 e. The summed E-state index contributed by atoms with van der Waals surface area (Å²) in [6.07, 6.45) is 7.79. The van der Waals surface area contributed by atoms with E-state index in [1.165, 1.54) is 11.1 Å². The quantitative estimate of drug-likeness (QED) is 0.754. The molecule has 1 heterocycles. The van der Waals surface area contributed by atoms with Gasteiger partial charge in [-0.3, -0.25) is 0 Å². The maximum atomic E-state index is 5.57. The van der Waals surface area contributed by atoms with E-state index in [4.69, 9.17) is 6.42 Å². The van der Waals surface area contributed by atoms with E-state index in [1.54, 1.807) is 0 Å². The second-order valence-electron chi connectivity index (χ2n) is 4.14. The van der Waals surface area contributed by atoms with Crippen molar-refractivity contribution in [3.63, 3.8) is 0 Å². The number of fused-ring (bicyclic) bond motifs is 1. The van der Waals surface area contributed by atoms with E-state index >= 15 is 0 Å². The van der Waals surface area contributed by atoms with Gasteiger partial charge in [0, 0.05) is 21.1 Å². The number of terminal acetylenes is 1. The summed E-state index contributed by atoms with van der Waals surface area (Å²) in [4.78, 5) is 3.41. The lowest BCUT2D eigenvalue weighted by molar-refractivity contribution is 0.890. The molecule has 2 heteroatoms. The molecule has 74 valence electrons. The molecule has 0 saturated heterocycles. The predicted molar refractivity (Wildman–Crippen MR) is 65.7 cm³/mol. The zero-order chi connectivity index (χ0) is 10.5. The molecule has 1 aliphatic rings. The molecule has 0 unspecified atom stereocenters. The summed E-state index contributed by atoms with van der Waals surface area (Å²) in [7, 11) is 0. The van der Waals surface area contributed by atoms with Crippen LogP contribution in [0, 0.1) is 12.3 Å². The van der Waals surface area contributed by atoms with E-state index in [2.05, 4.69) is 45.0 Å². The predicted octanol–water partition coefficient (Wildman–Crippen LogP) is 3.60. The number of aromatic nitrogens is 1. The average Bonchev–Trinajstić information content (AvgIpc) is 2.93. The van der Waals surface area contributed by atoms with Crippen LogP contribution in [0.5, 0.6) is 0 Å². The molecule has 1 fully saturated rings. The molecule has 0 aliphatic heterocycles. The Bertz CT molecular complexity index is 570. The van der Waals surface area contributed by atoms with E-state index in [1.807, 2.05) is 6.07 Å². The molecule has 15 heavy (non-hydrogen) atoms.